The van der Waals surface area contributed by atoms with E-state index in [-0.39, 0.29) is 6.42 Å². The van der Waals surface area contributed by atoms with Crippen molar-refractivity contribution in [2.75, 3.05) is 0 Å². The first-order valence-electron chi connectivity index (χ1n) is 11.9. The third-order valence-corrected chi connectivity index (χ3v) is 5.22. The zero-order chi connectivity index (χ0) is 19.8. The molecule has 0 radical (unpaired) electrons. The molecule has 0 atom stereocenters. The second kappa shape index (κ2) is 23.1. The van der Waals surface area contributed by atoms with E-state index in [2.05, 4.69) is 18.8 Å². The topological polar surface area (TPSA) is 37.3 Å². The van der Waals surface area contributed by atoms with Gasteiger partial charge in [-0.25, -0.2) is 0 Å². The molecule has 1 N–H and O–H groups in total. The fourth-order valence-electron chi connectivity index (χ4n) is 3.43. The van der Waals surface area contributed by atoms with Crippen LogP contribution in [0.5, 0.6) is 0 Å². The lowest BCUT2D eigenvalue weighted by atomic mass is 10.0. The molecule has 0 aromatic carbocycles. The van der Waals surface area contributed by atoms with Gasteiger partial charge in [-0.1, -0.05) is 103 Å². The van der Waals surface area contributed by atoms with Gasteiger partial charge in [-0.05, 0) is 19.3 Å². The van der Waals surface area contributed by atoms with Crippen LogP contribution in [-0.2, 0) is 4.79 Å². The largest absolute Gasteiger partial charge is 0.481 e. The summed E-state index contributed by atoms with van der Waals surface area (Å²) in [5, 5.41) is 8.54. The fraction of sp³-hybridized carbons (Fsp3) is 0.880. The Morgan fingerprint density at radius 2 is 0.889 bits per heavy atom. The zero-order valence-corrected chi connectivity index (χ0v) is 18.2. The Balaban J connectivity index is 3.08. The third-order valence-electron chi connectivity index (χ3n) is 5.22. The summed E-state index contributed by atoms with van der Waals surface area (Å²) in [7, 11) is 0. The molecule has 0 heterocycles. The molecule has 2 heteroatoms. The highest BCUT2D eigenvalue weighted by atomic mass is 16.4. The van der Waals surface area contributed by atoms with Crippen LogP contribution < -0.4 is 0 Å². The van der Waals surface area contributed by atoms with E-state index in [1.54, 1.807) is 0 Å². The molecule has 0 spiro atoms. The van der Waals surface area contributed by atoms with Crippen molar-refractivity contribution in [2.45, 2.75) is 142 Å². The Labute approximate surface area is 169 Å². The molecule has 158 valence electrons. The Morgan fingerprint density at radius 1 is 0.556 bits per heavy atom. The van der Waals surface area contributed by atoms with E-state index >= 15 is 0 Å². The Morgan fingerprint density at radius 3 is 1.26 bits per heavy atom. The van der Waals surface area contributed by atoms with Gasteiger partial charge in [0.25, 0.3) is 0 Å². The van der Waals surface area contributed by atoms with Crippen LogP contribution in [-0.4, -0.2) is 11.1 Å². The molecule has 0 aliphatic heterocycles. The average molecular weight is 379 g/mol. The predicted molar refractivity (Wildman–Crippen MR) is 118 cm³/mol. The highest BCUT2D eigenvalue weighted by molar-refractivity contribution is 5.66. The number of hydrogen-bond acceptors (Lipinski definition) is 1. The molecule has 0 aromatic rings. The SMILES string of the molecule is CCCCCCCCCCCCCCCCCCC#CCCCCC(=O)O. The summed E-state index contributed by atoms with van der Waals surface area (Å²) in [6.45, 7) is 2.28. The van der Waals surface area contributed by atoms with E-state index in [4.69, 9.17) is 5.11 Å². The van der Waals surface area contributed by atoms with Crippen molar-refractivity contribution >= 4 is 5.97 Å². The first kappa shape index (κ1) is 26.0. The molecule has 0 aliphatic carbocycles. The van der Waals surface area contributed by atoms with E-state index in [0.29, 0.717) is 0 Å². The van der Waals surface area contributed by atoms with Crippen LogP contribution >= 0.6 is 0 Å². The highest BCUT2D eigenvalue weighted by Gasteiger charge is 1.95. The number of aliphatic carboxylic acids is 1. The number of carboxylic acid groups (broad SMARTS) is 1. The molecule has 0 fully saturated rings. The van der Waals surface area contributed by atoms with E-state index in [9.17, 15) is 4.79 Å². The van der Waals surface area contributed by atoms with Crippen molar-refractivity contribution < 1.29 is 9.90 Å². The van der Waals surface area contributed by atoms with E-state index in [1.165, 1.54) is 103 Å². The summed E-state index contributed by atoms with van der Waals surface area (Å²) in [6.07, 6.45) is 26.3. The van der Waals surface area contributed by atoms with Gasteiger partial charge in [0.05, 0.1) is 0 Å². The van der Waals surface area contributed by atoms with Crippen LogP contribution in [0.1, 0.15) is 142 Å². The number of unbranched alkanes of at least 4 members (excludes halogenated alkanes) is 18. The summed E-state index contributed by atoms with van der Waals surface area (Å²) in [6, 6.07) is 0. The first-order chi connectivity index (χ1) is 13.3. The van der Waals surface area contributed by atoms with E-state index < -0.39 is 5.97 Å². The van der Waals surface area contributed by atoms with Gasteiger partial charge in [-0.15, -0.1) is 11.8 Å². The van der Waals surface area contributed by atoms with Crippen molar-refractivity contribution in [1.82, 2.24) is 0 Å². The summed E-state index contributed by atoms with van der Waals surface area (Å²) < 4.78 is 0. The van der Waals surface area contributed by atoms with Crippen molar-refractivity contribution in [3.05, 3.63) is 0 Å². The van der Waals surface area contributed by atoms with Gasteiger partial charge in [-0.3, -0.25) is 4.79 Å². The maximum Gasteiger partial charge on any atom is 0.303 e. The smallest absolute Gasteiger partial charge is 0.303 e. The lowest BCUT2D eigenvalue weighted by Crippen LogP contribution is -1.92. The summed E-state index contributed by atoms with van der Waals surface area (Å²) in [5.74, 6) is 5.70. The fourth-order valence-corrected chi connectivity index (χ4v) is 3.43. The normalized spacial score (nSPS) is 10.6. The molecule has 2 nitrogen and oxygen atoms in total. The van der Waals surface area contributed by atoms with Crippen LogP contribution in [0.15, 0.2) is 0 Å². The van der Waals surface area contributed by atoms with Crippen LogP contribution in [0.2, 0.25) is 0 Å². The Bertz CT molecular complexity index is 364. The first-order valence-corrected chi connectivity index (χ1v) is 11.9. The maximum atomic E-state index is 10.4. The number of hydrogen-bond donors (Lipinski definition) is 1. The third kappa shape index (κ3) is 25.0. The molecule has 0 aliphatic rings. The monoisotopic (exact) mass is 378 g/mol. The Hall–Kier alpha value is -0.970. The van der Waals surface area contributed by atoms with Gasteiger partial charge in [0.1, 0.15) is 0 Å². The molecular weight excluding hydrogens is 332 g/mol. The molecule has 0 amide bonds. The van der Waals surface area contributed by atoms with Crippen LogP contribution in [0, 0.1) is 11.8 Å². The molecule has 0 rings (SSSR count). The van der Waals surface area contributed by atoms with Crippen molar-refractivity contribution in [3.8, 4) is 11.8 Å². The van der Waals surface area contributed by atoms with E-state index in [0.717, 1.165) is 25.7 Å². The Kier molecular flexibility index (Phi) is 22.2. The molecule has 0 aromatic heterocycles. The minimum atomic E-state index is -0.698. The van der Waals surface area contributed by atoms with Gasteiger partial charge in [0, 0.05) is 19.3 Å². The van der Waals surface area contributed by atoms with E-state index in [1.807, 2.05) is 0 Å². The summed E-state index contributed by atoms with van der Waals surface area (Å²) in [4.78, 5) is 10.4. The molecule has 0 saturated carbocycles. The highest BCUT2D eigenvalue weighted by Crippen LogP contribution is 2.13. The van der Waals surface area contributed by atoms with Crippen LogP contribution in [0.4, 0.5) is 0 Å². The predicted octanol–water partition coefficient (Wildman–Crippen LogP) is 8.29. The molecule has 0 bridgehead atoms. The number of carbonyl (C=O) groups is 1. The summed E-state index contributed by atoms with van der Waals surface area (Å²) >= 11 is 0. The van der Waals surface area contributed by atoms with Gasteiger partial charge >= 0.3 is 5.97 Å². The lowest BCUT2D eigenvalue weighted by Gasteiger charge is -2.03. The zero-order valence-electron chi connectivity index (χ0n) is 18.2. The molecule has 27 heavy (non-hydrogen) atoms. The molecule has 0 saturated heterocycles. The van der Waals surface area contributed by atoms with Gasteiger partial charge in [0.2, 0.25) is 0 Å². The van der Waals surface area contributed by atoms with Gasteiger partial charge in [-0.2, -0.15) is 0 Å². The molecule has 0 unspecified atom stereocenters. The lowest BCUT2D eigenvalue weighted by molar-refractivity contribution is -0.137. The minimum absolute atomic E-state index is 0.279. The van der Waals surface area contributed by atoms with Crippen LogP contribution in [0.25, 0.3) is 0 Å². The standard InChI is InChI=1S/C25H46O2/c1-2-3-4-5-6-7-8-9-10-11-12-13-14-15-16-17-18-19-20-21-22-23-24-25(26)27/h2-18,21-24H2,1H3,(H,26,27). The van der Waals surface area contributed by atoms with Crippen molar-refractivity contribution in [3.63, 3.8) is 0 Å². The minimum Gasteiger partial charge on any atom is -0.481 e. The van der Waals surface area contributed by atoms with Crippen LogP contribution in [0.3, 0.4) is 0 Å². The molecular formula is C25H46O2. The van der Waals surface area contributed by atoms with Crippen molar-refractivity contribution in [2.24, 2.45) is 0 Å². The average Bonchev–Trinajstić information content (AvgIpc) is 2.65. The second-order valence-electron chi connectivity index (χ2n) is 8.01. The quantitative estimate of drug-likeness (QED) is 0.171. The maximum absolute atomic E-state index is 10.4. The van der Waals surface area contributed by atoms with Crippen molar-refractivity contribution in [1.29, 1.82) is 0 Å². The number of rotatable bonds is 20. The van der Waals surface area contributed by atoms with Gasteiger partial charge < -0.3 is 5.11 Å². The summed E-state index contributed by atoms with van der Waals surface area (Å²) in [5.41, 5.74) is 0. The number of carboxylic acids is 1. The second-order valence-corrected chi connectivity index (χ2v) is 8.01. The van der Waals surface area contributed by atoms with Gasteiger partial charge in [0.15, 0.2) is 0 Å².